The van der Waals surface area contributed by atoms with Crippen molar-refractivity contribution in [2.24, 2.45) is 0 Å². The van der Waals surface area contributed by atoms with E-state index in [1.807, 2.05) is 0 Å². The van der Waals surface area contributed by atoms with Gasteiger partial charge in [-0.2, -0.15) is 0 Å². The molecule has 29 heavy (non-hydrogen) atoms. The number of hydrogen-bond acceptors (Lipinski definition) is 5. The van der Waals surface area contributed by atoms with Crippen molar-refractivity contribution in [2.45, 2.75) is 31.2 Å². The Kier molecular flexibility index (Phi) is 8.50. The number of carbonyl (C=O) groups is 2. The number of halogens is 2. The molecule has 0 saturated carbocycles. The Morgan fingerprint density at radius 3 is 2.72 bits per heavy atom. The maximum atomic E-state index is 13.3. The van der Waals surface area contributed by atoms with Crippen LogP contribution >= 0.6 is 35.0 Å². The maximum Gasteiger partial charge on any atom is 0.256 e. The average molecular weight is 460 g/mol. The van der Waals surface area contributed by atoms with E-state index in [1.165, 1.54) is 0 Å². The summed E-state index contributed by atoms with van der Waals surface area (Å²) in [5, 5.41) is 3.76. The van der Waals surface area contributed by atoms with E-state index in [1.54, 1.807) is 34.9 Å². The lowest BCUT2D eigenvalue weighted by Gasteiger charge is -2.30. The van der Waals surface area contributed by atoms with E-state index >= 15 is 0 Å². The molecular formula is C20H27Cl2N3O3S. The quantitative estimate of drug-likeness (QED) is 0.678. The van der Waals surface area contributed by atoms with Crippen LogP contribution in [-0.2, 0) is 9.53 Å². The van der Waals surface area contributed by atoms with Gasteiger partial charge in [-0.1, -0.05) is 36.5 Å². The van der Waals surface area contributed by atoms with Crippen LogP contribution < -0.4 is 5.32 Å². The van der Waals surface area contributed by atoms with Crippen molar-refractivity contribution in [2.75, 3.05) is 45.1 Å². The normalized spacial score (nSPS) is 22.7. The molecule has 2 aliphatic heterocycles. The van der Waals surface area contributed by atoms with Crippen LogP contribution in [0.4, 0.5) is 0 Å². The van der Waals surface area contributed by atoms with Gasteiger partial charge in [0.1, 0.15) is 6.04 Å². The summed E-state index contributed by atoms with van der Waals surface area (Å²) in [5.74, 6) is 0.261. The third-order valence-electron chi connectivity index (χ3n) is 5.16. The van der Waals surface area contributed by atoms with Crippen molar-refractivity contribution in [1.29, 1.82) is 0 Å². The molecule has 1 N–H and O–H groups in total. The van der Waals surface area contributed by atoms with Crippen LogP contribution in [0.1, 0.15) is 30.1 Å². The van der Waals surface area contributed by atoms with Gasteiger partial charge >= 0.3 is 0 Å². The number of hydrogen-bond donors (Lipinski definition) is 1. The first-order chi connectivity index (χ1) is 14.0. The van der Waals surface area contributed by atoms with Crippen LogP contribution in [0.3, 0.4) is 0 Å². The highest BCUT2D eigenvalue weighted by atomic mass is 35.5. The second-order valence-electron chi connectivity index (χ2n) is 7.17. The first kappa shape index (κ1) is 22.7. The van der Waals surface area contributed by atoms with Crippen LogP contribution in [0.2, 0.25) is 10.0 Å². The van der Waals surface area contributed by atoms with E-state index in [4.69, 9.17) is 27.9 Å². The summed E-state index contributed by atoms with van der Waals surface area (Å²) in [6, 6.07) is 4.34. The van der Waals surface area contributed by atoms with Gasteiger partial charge in [-0.05, 0) is 24.6 Å². The van der Waals surface area contributed by atoms with Crippen molar-refractivity contribution < 1.29 is 14.3 Å². The van der Waals surface area contributed by atoms with Crippen molar-refractivity contribution in [3.05, 3.63) is 33.8 Å². The summed E-state index contributed by atoms with van der Waals surface area (Å²) in [7, 11) is 0. The third-order valence-corrected chi connectivity index (χ3v) is 7.06. The Labute approximate surface area is 186 Å². The Bertz CT molecular complexity index is 731. The minimum Gasteiger partial charge on any atom is -0.379 e. The summed E-state index contributed by atoms with van der Waals surface area (Å²) in [6.07, 6.45) is 1.76. The molecule has 2 heterocycles. The third kappa shape index (κ3) is 5.79. The minimum atomic E-state index is -0.500. The van der Waals surface area contributed by atoms with Gasteiger partial charge in [-0.15, -0.1) is 11.8 Å². The van der Waals surface area contributed by atoms with Crippen LogP contribution in [0.15, 0.2) is 18.2 Å². The number of rotatable bonds is 7. The van der Waals surface area contributed by atoms with Crippen molar-refractivity contribution in [3.8, 4) is 0 Å². The Morgan fingerprint density at radius 1 is 1.28 bits per heavy atom. The molecule has 2 saturated heterocycles. The fourth-order valence-corrected chi connectivity index (χ4v) is 5.60. The van der Waals surface area contributed by atoms with Crippen LogP contribution in [0.5, 0.6) is 0 Å². The molecule has 0 radical (unpaired) electrons. The highest BCUT2D eigenvalue weighted by Gasteiger charge is 2.41. The van der Waals surface area contributed by atoms with E-state index in [2.05, 4.69) is 17.1 Å². The van der Waals surface area contributed by atoms with E-state index in [-0.39, 0.29) is 17.2 Å². The number of carbonyl (C=O) groups excluding carboxylic acids is 2. The summed E-state index contributed by atoms with van der Waals surface area (Å²) in [6.45, 7) is 6.65. The molecule has 0 aromatic heterocycles. The van der Waals surface area contributed by atoms with Gasteiger partial charge < -0.3 is 15.0 Å². The van der Waals surface area contributed by atoms with Gasteiger partial charge in [0, 0.05) is 37.0 Å². The number of morpholine rings is 1. The Hall–Kier alpha value is -0.990. The fourth-order valence-electron chi connectivity index (χ4n) is 3.59. The SMILES string of the molecule is CCCC1SCC(C(=O)NCCN2CCOCC2)N1C(=O)c1ccc(Cl)cc1Cl. The average Bonchev–Trinajstić information content (AvgIpc) is 3.12. The molecule has 1 aromatic carbocycles. The summed E-state index contributed by atoms with van der Waals surface area (Å²) >= 11 is 13.9. The molecule has 2 unspecified atom stereocenters. The lowest BCUT2D eigenvalue weighted by atomic mass is 10.1. The monoisotopic (exact) mass is 459 g/mol. The fraction of sp³-hybridized carbons (Fsp3) is 0.600. The summed E-state index contributed by atoms with van der Waals surface area (Å²) in [5.41, 5.74) is 0.380. The number of thioether (sulfide) groups is 1. The number of amides is 2. The van der Waals surface area contributed by atoms with Gasteiger partial charge in [-0.3, -0.25) is 14.5 Å². The molecule has 2 amide bonds. The predicted octanol–water partition coefficient (Wildman–Crippen LogP) is 3.13. The molecule has 2 aliphatic rings. The number of ether oxygens (including phenoxy) is 1. The standard InChI is InChI=1S/C20H27Cl2N3O3S/c1-2-3-18-25(20(27)15-5-4-14(21)12-16(15)22)17(13-29-18)19(26)23-6-7-24-8-10-28-11-9-24/h4-5,12,17-18H,2-3,6-11,13H2,1H3,(H,23,26). The van der Waals surface area contributed by atoms with Gasteiger partial charge in [0.25, 0.3) is 5.91 Å². The molecule has 1 aromatic rings. The molecule has 0 spiro atoms. The Morgan fingerprint density at radius 2 is 2.03 bits per heavy atom. The van der Waals surface area contributed by atoms with E-state index in [0.29, 0.717) is 27.9 Å². The molecule has 3 rings (SSSR count). The topological polar surface area (TPSA) is 61.9 Å². The smallest absolute Gasteiger partial charge is 0.256 e. The largest absolute Gasteiger partial charge is 0.379 e. The van der Waals surface area contributed by atoms with Crippen LogP contribution in [-0.4, -0.2) is 78.2 Å². The lowest BCUT2D eigenvalue weighted by Crippen LogP contribution is -2.51. The molecule has 6 nitrogen and oxygen atoms in total. The Balaban J connectivity index is 1.67. The summed E-state index contributed by atoms with van der Waals surface area (Å²) < 4.78 is 5.35. The second-order valence-corrected chi connectivity index (χ2v) is 9.23. The van der Waals surface area contributed by atoms with Gasteiger partial charge in [0.2, 0.25) is 5.91 Å². The van der Waals surface area contributed by atoms with Crippen LogP contribution in [0.25, 0.3) is 0 Å². The zero-order chi connectivity index (χ0) is 20.8. The molecular weight excluding hydrogens is 433 g/mol. The first-order valence-electron chi connectivity index (χ1n) is 9.98. The van der Waals surface area contributed by atoms with Gasteiger partial charge in [0.15, 0.2) is 0 Å². The molecule has 9 heteroatoms. The van der Waals surface area contributed by atoms with Crippen molar-refractivity contribution in [3.63, 3.8) is 0 Å². The highest BCUT2D eigenvalue weighted by molar-refractivity contribution is 8.00. The first-order valence-corrected chi connectivity index (χ1v) is 11.8. The molecule has 160 valence electrons. The minimum absolute atomic E-state index is 0.0331. The maximum absolute atomic E-state index is 13.3. The van der Waals surface area contributed by atoms with Gasteiger partial charge in [-0.25, -0.2) is 0 Å². The molecule has 0 aliphatic carbocycles. The van der Waals surface area contributed by atoms with Gasteiger partial charge in [0.05, 0.1) is 29.2 Å². The molecule has 0 bridgehead atoms. The van der Waals surface area contributed by atoms with Crippen molar-refractivity contribution in [1.82, 2.24) is 15.1 Å². The van der Waals surface area contributed by atoms with E-state index in [9.17, 15) is 9.59 Å². The predicted molar refractivity (Wildman–Crippen MR) is 118 cm³/mol. The second kappa shape index (κ2) is 10.9. The summed E-state index contributed by atoms with van der Waals surface area (Å²) in [4.78, 5) is 30.2. The highest BCUT2D eigenvalue weighted by Crippen LogP contribution is 2.35. The number of benzene rings is 1. The zero-order valence-corrected chi connectivity index (χ0v) is 18.9. The van der Waals surface area contributed by atoms with E-state index < -0.39 is 6.04 Å². The number of nitrogens with zero attached hydrogens (tertiary/aromatic N) is 2. The lowest BCUT2D eigenvalue weighted by molar-refractivity contribution is -0.124. The zero-order valence-electron chi connectivity index (χ0n) is 16.5. The van der Waals surface area contributed by atoms with E-state index in [0.717, 1.165) is 45.7 Å². The van der Waals surface area contributed by atoms with Crippen molar-refractivity contribution >= 4 is 46.8 Å². The number of nitrogens with one attached hydrogen (secondary N) is 1. The van der Waals surface area contributed by atoms with Crippen LogP contribution in [0, 0.1) is 0 Å². The molecule has 2 atom stereocenters. The molecule has 2 fully saturated rings.